The van der Waals surface area contributed by atoms with E-state index in [1.165, 1.54) is 16.4 Å². The summed E-state index contributed by atoms with van der Waals surface area (Å²) in [7, 11) is -3.74. The lowest BCUT2D eigenvalue weighted by Gasteiger charge is -2.29. The molecule has 5 nitrogen and oxygen atoms in total. The highest BCUT2D eigenvalue weighted by Crippen LogP contribution is 2.33. The van der Waals surface area contributed by atoms with Crippen LogP contribution in [0.5, 0.6) is 0 Å². The van der Waals surface area contributed by atoms with Gasteiger partial charge in [0.1, 0.15) is 0 Å². The van der Waals surface area contributed by atoms with Gasteiger partial charge in [-0.2, -0.15) is 17.5 Å². The molecule has 6 rings (SSSR count). The summed E-state index contributed by atoms with van der Waals surface area (Å²) in [6.45, 7) is 0.512. The smallest absolute Gasteiger partial charge is 0.322 e. The highest BCUT2D eigenvalue weighted by atomic mass is 32.2. The van der Waals surface area contributed by atoms with Gasteiger partial charge in [-0.15, -0.1) is 0 Å². The summed E-state index contributed by atoms with van der Waals surface area (Å²) in [5.41, 5.74) is 2.91. The van der Waals surface area contributed by atoms with Gasteiger partial charge in [0.2, 0.25) is 10.0 Å². The van der Waals surface area contributed by atoms with E-state index in [4.69, 9.17) is 0 Å². The Morgan fingerprint density at radius 1 is 0.786 bits per heavy atom. The molecule has 1 heterocycles. The third kappa shape index (κ3) is 5.29. The van der Waals surface area contributed by atoms with Crippen molar-refractivity contribution in [2.24, 2.45) is 0 Å². The molecular formula is C33H25F3N2O3S. The first-order chi connectivity index (χ1) is 20.1. The summed E-state index contributed by atoms with van der Waals surface area (Å²) in [6, 6.07) is 29.5. The number of carbonyl (C=O) groups is 1. The van der Waals surface area contributed by atoms with E-state index in [2.05, 4.69) is 5.32 Å². The zero-order chi connectivity index (χ0) is 29.5. The average Bonchev–Trinajstić information content (AvgIpc) is 3.00. The van der Waals surface area contributed by atoms with Gasteiger partial charge < -0.3 is 5.32 Å². The van der Waals surface area contributed by atoms with Crippen molar-refractivity contribution in [2.75, 3.05) is 11.9 Å². The minimum Gasteiger partial charge on any atom is -0.322 e. The summed E-state index contributed by atoms with van der Waals surface area (Å²) in [5, 5.41) is 4.43. The van der Waals surface area contributed by atoms with Crippen molar-refractivity contribution in [1.82, 2.24) is 4.31 Å². The molecular weight excluding hydrogens is 561 g/mol. The van der Waals surface area contributed by atoms with Crippen LogP contribution in [0.1, 0.15) is 27.0 Å². The zero-order valence-corrected chi connectivity index (χ0v) is 23.0. The van der Waals surface area contributed by atoms with E-state index in [0.29, 0.717) is 40.7 Å². The van der Waals surface area contributed by atoms with E-state index in [-0.39, 0.29) is 11.4 Å². The third-order valence-electron chi connectivity index (χ3n) is 7.50. The second-order valence-electron chi connectivity index (χ2n) is 10.1. The Hall–Kier alpha value is -4.47. The Morgan fingerprint density at radius 3 is 2.29 bits per heavy atom. The highest BCUT2D eigenvalue weighted by molar-refractivity contribution is 7.89. The lowest BCUT2D eigenvalue weighted by molar-refractivity contribution is -0.137. The minimum absolute atomic E-state index is 0.214. The van der Waals surface area contributed by atoms with Crippen LogP contribution < -0.4 is 5.32 Å². The molecule has 1 aliphatic heterocycles. The van der Waals surface area contributed by atoms with Gasteiger partial charge in [0.15, 0.2) is 0 Å². The monoisotopic (exact) mass is 586 g/mol. The van der Waals surface area contributed by atoms with Crippen LogP contribution in [-0.4, -0.2) is 25.2 Å². The standard InChI is InChI=1S/C33H25F3N2O3S/c34-33(35,36)26-15-12-23(13-16-26)28-8-3-4-10-30(28)32(39)37-27-17-14-25-21-38(19-18-24(25)20-27)42(40,41)31-11-5-7-22-6-1-2-9-29(22)31/h1-17,20H,18-19,21H2,(H,37,39). The Kier molecular flexibility index (Phi) is 7.08. The predicted octanol–water partition coefficient (Wildman–Crippen LogP) is 7.52. The number of fused-ring (bicyclic) bond motifs is 2. The van der Waals surface area contributed by atoms with E-state index in [0.717, 1.165) is 28.6 Å². The Labute approximate surface area is 241 Å². The van der Waals surface area contributed by atoms with Crippen molar-refractivity contribution in [3.05, 3.63) is 131 Å². The summed E-state index contributed by atoms with van der Waals surface area (Å²) < 4.78 is 67.7. The van der Waals surface area contributed by atoms with Crippen LogP contribution in [0.15, 0.2) is 114 Å². The molecule has 1 aliphatic rings. The first kappa shape index (κ1) is 27.7. The van der Waals surface area contributed by atoms with Gasteiger partial charge in [0.25, 0.3) is 5.91 Å². The van der Waals surface area contributed by atoms with Crippen LogP contribution >= 0.6 is 0 Å². The number of halogens is 3. The lowest BCUT2D eigenvalue weighted by Crippen LogP contribution is -2.36. The number of nitrogens with one attached hydrogen (secondary N) is 1. The number of rotatable bonds is 5. The number of alkyl halides is 3. The molecule has 212 valence electrons. The highest BCUT2D eigenvalue weighted by Gasteiger charge is 2.31. The van der Waals surface area contributed by atoms with E-state index in [1.54, 1.807) is 42.5 Å². The number of amides is 1. The molecule has 9 heteroatoms. The molecule has 1 amide bonds. The third-order valence-corrected chi connectivity index (χ3v) is 9.41. The van der Waals surface area contributed by atoms with Crippen molar-refractivity contribution in [3.8, 4) is 11.1 Å². The van der Waals surface area contributed by atoms with Gasteiger partial charge in [0, 0.05) is 29.7 Å². The molecule has 0 saturated carbocycles. The SMILES string of the molecule is O=C(Nc1ccc2c(c1)CCN(S(=O)(=O)c1cccc3ccccc13)C2)c1ccccc1-c1ccc(C(F)(F)F)cc1. The van der Waals surface area contributed by atoms with Crippen LogP contribution in [0.4, 0.5) is 18.9 Å². The molecule has 5 aromatic rings. The lowest BCUT2D eigenvalue weighted by atomic mass is 9.97. The predicted molar refractivity (Wildman–Crippen MR) is 157 cm³/mol. The van der Waals surface area contributed by atoms with Crippen molar-refractivity contribution in [3.63, 3.8) is 0 Å². The van der Waals surface area contributed by atoms with Gasteiger partial charge in [-0.25, -0.2) is 8.42 Å². The minimum atomic E-state index is -4.45. The fraction of sp³-hybridized carbons (Fsp3) is 0.121. The molecule has 0 bridgehead atoms. The summed E-state index contributed by atoms with van der Waals surface area (Å²) >= 11 is 0. The number of hydrogen-bond acceptors (Lipinski definition) is 3. The van der Waals surface area contributed by atoms with Crippen molar-refractivity contribution < 1.29 is 26.4 Å². The van der Waals surface area contributed by atoms with Crippen molar-refractivity contribution >= 4 is 32.4 Å². The number of anilines is 1. The number of sulfonamides is 1. The molecule has 0 spiro atoms. The maximum Gasteiger partial charge on any atom is 0.416 e. The van der Waals surface area contributed by atoms with Crippen molar-refractivity contribution in [1.29, 1.82) is 0 Å². The molecule has 0 radical (unpaired) electrons. The molecule has 42 heavy (non-hydrogen) atoms. The molecule has 0 aromatic heterocycles. The number of benzene rings is 5. The molecule has 0 aliphatic carbocycles. The van der Waals surface area contributed by atoms with E-state index < -0.39 is 27.7 Å². The summed E-state index contributed by atoms with van der Waals surface area (Å²) in [4.78, 5) is 13.5. The quantitative estimate of drug-likeness (QED) is 0.232. The Balaban J connectivity index is 1.21. The molecule has 0 atom stereocenters. The van der Waals surface area contributed by atoms with Crippen LogP contribution in [0.3, 0.4) is 0 Å². The average molecular weight is 587 g/mol. The van der Waals surface area contributed by atoms with Crippen LogP contribution in [0.2, 0.25) is 0 Å². The number of carbonyl (C=O) groups excluding carboxylic acids is 1. The Morgan fingerprint density at radius 2 is 1.50 bits per heavy atom. The first-order valence-corrected chi connectivity index (χ1v) is 14.7. The number of nitrogens with zero attached hydrogens (tertiary/aromatic N) is 1. The van der Waals surface area contributed by atoms with Gasteiger partial charge in [0.05, 0.1) is 10.5 Å². The molecule has 0 saturated heterocycles. The number of hydrogen-bond donors (Lipinski definition) is 1. The van der Waals surface area contributed by atoms with Gasteiger partial charge >= 0.3 is 6.18 Å². The zero-order valence-electron chi connectivity index (χ0n) is 22.2. The second-order valence-corrected chi connectivity index (χ2v) is 12.0. The Bertz CT molecular complexity index is 1910. The maximum absolute atomic E-state index is 13.6. The normalized spacial score (nSPS) is 14.0. The van der Waals surface area contributed by atoms with Gasteiger partial charge in [-0.05, 0) is 70.5 Å². The summed E-state index contributed by atoms with van der Waals surface area (Å²) in [6.07, 6.45) is -3.97. The largest absolute Gasteiger partial charge is 0.416 e. The fourth-order valence-corrected chi connectivity index (χ4v) is 6.97. The molecule has 5 aromatic carbocycles. The van der Waals surface area contributed by atoms with Gasteiger partial charge in [-0.3, -0.25) is 4.79 Å². The van der Waals surface area contributed by atoms with Crippen molar-refractivity contribution in [2.45, 2.75) is 24.0 Å². The first-order valence-electron chi connectivity index (χ1n) is 13.3. The van der Waals surface area contributed by atoms with Crippen LogP contribution in [-0.2, 0) is 29.2 Å². The van der Waals surface area contributed by atoms with E-state index >= 15 is 0 Å². The van der Waals surface area contributed by atoms with E-state index in [9.17, 15) is 26.4 Å². The fourth-order valence-electron chi connectivity index (χ4n) is 5.34. The maximum atomic E-state index is 13.6. The topological polar surface area (TPSA) is 66.5 Å². The molecule has 0 unspecified atom stereocenters. The van der Waals surface area contributed by atoms with Gasteiger partial charge in [-0.1, -0.05) is 72.8 Å². The summed E-state index contributed by atoms with van der Waals surface area (Å²) in [5.74, 6) is -0.401. The van der Waals surface area contributed by atoms with Crippen LogP contribution in [0.25, 0.3) is 21.9 Å². The van der Waals surface area contributed by atoms with E-state index in [1.807, 2.05) is 42.5 Å². The van der Waals surface area contributed by atoms with Crippen LogP contribution in [0, 0.1) is 0 Å². The molecule has 1 N–H and O–H groups in total. The molecule has 0 fully saturated rings. The second kappa shape index (κ2) is 10.7.